The first kappa shape index (κ1) is 15.3. The van der Waals surface area contributed by atoms with Gasteiger partial charge in [0.05, 0.1) is 19.4 Å². The Morgan fingerprint density at radius 2 is 2.19 bits per heavy atom. The van der Waals surface area contributed by atoms with E-state index < -0.39 is 0 Å². The molecular formula is C15H17ClN2O3. The van der Waals surface area contributed by atoms with Crippen LogP contribution in [0.5, 0.6) is 5.75 Å². The molecule has 0 aliphatic carbocycles. The molecule has 0 bridgehead atoms. The average molecular weight is 309 g/mol. The van der Waals surface area contributed by atoms with Gasteiger partial charge in [-0.2, -0.15) is 0 Å². The summed E-state index contributed by atoms with van der Waals surface area (Å²) < 4.78 is 10.6. The summed E-state index contributed by atoms with van der Waals surface area (Å²) in [6, 6.07) is 8.76. The van der Waals surface area contributed by atoms with Gasteiger partial charge in [0.25, 0.3) is 0 Å². The van der Waals surface area contributed by atoms with Crippen molar-refractivity contribution in [2.75, 3.05) is 13.2 Å². The molecule has 0 saturated heterocycles. The van der Waals surface area contributed by atoms with E-state index in [2.05, 4.69) is 10.6 Å². The van der Waals surface area contributed by atoms with E-state index in [1.165, 1.54) is 0 Å². The number of amides is 2. The molecule has 1 heterocycles. The van der Waals surface area contributed by atoms with E-state index in [0.29, 0.717) is 30.5 Å². The number of urea groups is 1. The Kier molecular flexibility index (Phi) is 5.51. The van der Waals surface area contributed by atoms with Gasteiger partial charge in [0.15, 0.2) is 0 Å². The highest BCUT2D eigenvalue weighted by Gasteiger charge is 2.02. The van der Waals surface area contributed by atoms with Crippen molar-refractivity contribution in [3.63, 3.8) is 0 Å². The number of ether oxygens (including phenoxy) is 1. The Morgan fingerprint density at radius 3 is 2.90 bits per heavy atom. The van der Waals surface area contributed by atoms with Crippen LogP contribution in [0, 0.1) is 6.92 Å². The van der Waals surface area contributed by atoms with Crippen molar-refractivity contribution in [2.24, 2.45) is 0 Å². The van der Waals surface area contributed by atoms with E-state index in [4.69, 9.17) is 20.8 Å². The van der Waals surface area contributed by atoms with Crippen LogP contribution >= 0.6 is 11.6 Å². The van der Waals surface area contributed by atoms with Crippen molar-refractivity contribution in [1.29, 1.82) is 0 Å². The molecule has 6 heteroatoms. The van der Waals surface area contributed by atoms with E-state index in [-0.39, 0.29) is 6.03 Å². The number of rotatable bonds is 6. The predicted molar refractivity (Wildman–Crippen MR) is 80.6 cm³/mol. The van der Waals surface area contributed by atoms with Crippen LogP contribution in [0.15, 0.2) is 41.0 Å². The standard InChI is InChI=1S/C15H17ClN2O3/c1-11-9-12(4-5-14(11)16)21-8-6-17-15(19)18-10-13-3-2-7-20-13/h2-5,7,9H,6,8,10H2,1H3,(H2,17,18,19). The Morgan fingerprint density at radius 1 is 1.33 bits per heavy atom. The Hall–Kier alpha value is -2.14. The molecule has 0 spiro atoms. The van der Waals surface area contributed by atoms with E-state index in [1.54, 1.807) is 30.5 Å². The number of carbonyl (C=O) groups is 1. The number of benzene rings is 1. The minimum atomic E-state index is -0.262. The number of nitrogens with one attached hydrogen (secondary N) is 2. The highest BCUT2D eigenvalue weighted by atomic mass is 35.5. The minimum Gasteiger partial charge on any atom is -0.492 e. The summed E-state index contributed by atoms with van der Waals surface area (Å²) in [6.45, 7) is 3.06. The predicted octanol–water partition coefficient (Wildman–Crippen LogP) is 3.12. The van der Waals surface area contributed by atoms with Crippen LogP contribution in [0.3, 0.4) is 0 Å². The summed E-state index contributed by atoms with van der Waals surface area (Å²) in [7, 11) is 0. The zero-order valence-electron chi connectivity index (χ0n) is 11.7. The third kappa shape index (κ3) is 5.04. The van der Waals surface area contributed by atoms with Crippen molar-refractivity contribution < 1.29 is 13.9 Å². The van der Waals surface area contributed by atoms with Gasteiger partial charge in [-0.3, -0.25) is 0 Å². The first-order valence-corrected chi connectivity index (χ1v) is 6.96. The van der Waals surface area contributed by atoms with Gasteiger partial charge in [-0.25, -0.2) is 4.79 Å². The SMILES string of the molecule is Cc1cc(OCCNC(=O)NCc2ccco2)ccc1Cl. The van der Waals surface area contributed by atoms with Crippen LogP contribution < -0.4 is 15.4 Å². The molecule has 21 heavy (non-hydrogen) atoms. The Bertz CT molecular complexity index is 585. The molecule has 2 N–H and O–H groups in total. The zero-order chi connectivity index (χ0) is 15.1. The van der Waals surface area contributed by atoms with Crippen molar-refractivity contribution >= 4 is 17.6 Å². The topological polar surface area (TPSA) is 63.5 Å². The molecule has 1 aromatic carbocycles. The molecule has 1 aromatic heterocycles. The maximum Gasteiger partial charge on any atom is 0.315 e. The lowest BCUT2D eigenvalue weighted by Gasteiger charge is -2.09. The summed E-state index contributed by atoms with van der Waals surface area (Å²) in [4.78, 5) is 11.5. The quantitative estimate of drug-likeness (QED) is 0.806. The van der Waals surface area contributed by atoms with Gasteiger partial charge in [-0.1, -0.05) is 11.6 Å². The Balaban J connectivity index is 1.62. The number of hydrogen-bond donors (Lipinski definition) is 2. The third-order valence-corrected chi connectivity index (χ3v) is 3.21. The Labute approximate surface area is 128 Å². The molecule has 0 fully saturated rings. The van der Waals surface area contributed by atoms with E-state index >= 15 is 0 Å². The molecule has 0 unspecified atom stereocenters. The maximum atomic E-state index is 11.5. The molecule has 0 saturated carbocycles. The maximum absolute atomic E-state index is 11.5. The van der Waals surface area contributed by atoms with Crippen LogP contribution in [-0.2, 0) is 6.54 Å². The van der Waals surface area contributed by atoms with Gasteiger partial charge >= 0.3 is 6.03 Å². The summed E-state index contributed by atoms with van der Waals surface area (Å²) in [5.74, 6) is 1.44. The fourth-order valence-electron chi connectivity index (χ4n) is 1.68. The molecule has 2 aromatic rings. The fraction of sp³-hybridized carbons (Fsp3) is 0.267. The molecule has 0 atom stereocenters. The summed E-state index contributed by atoms with van der Waals surface area (Å²) >= 11 is 5.93. The van der Waals surface area contributed by atoms with Gasteiger partial charge in [0.2, 0.25) is 0 Å². The van der Waals surface area contributed by atoms with E-state index in [1.807, 2.05) is 13.0 Å². The lowest BCUT2D eigenvalue weighted by atomic mass is 10.2. The van der Waals surface area contributed by atoms with Gasteiger partial charge in [0, 0.05) is 5.02 Å². The second-order valence-corrected chi connectivity index (χ2v) is 4.86. The molecule has 112 valence electrons. The van der Waals surface area contributed by atoms with Crippen molar-refractivity contribution in [2.45, 2.75) is 13.5 Å². The smallest absolute Gasteiger partial charge is 0.315 e. The lowest BCUT2D eigenvalue weighted by Crippen LogP contribution is -2.37. The normalized spacial score (nSPS) is 10.2. The number of carbonyl (C=O) groups excluding carboxylic acids is 1. The summed E-state index contributed by atoms with van der Waals surface area (Å²) in [6.07, 6.45) is 1.57. The highest BCUT2D eigenvalue weighted by Crippen LogP contribution is 2.20. The van der Waals surface area contributed by atoms with Gasteiger partial charge in [-0.15, -0.1) is 0 Å². The van der Waals surface area contributed by atoms with Gasteiger partial charge < -0.3 is 19.8 Å². The van der Waals surface area contributed by atoms with Crippen LogP contribution in [0.2, 0.25) is 5.02 Å². The number of halogens is 1. The van der Waals surface area contributed by atoms with Crippen molar-refractivity contribution in [3.8, 4) is 5.75 Å². The van der Waals surface area contributed by atoms with E-state index in [0.717, 1.165) is 11.3 Å². The minimum absolute atomic E-state index is 0.262. The molecule has 2 amide bonds. The molecule has 2 rings (SSSR count). The second-order valence-electron chi connectivity index (χ2n) is 4.45. The number of hydrogen-bond acceptors (Lipinski definition) is 3. The average Bonchev–Trinajstić information content (AvgIpc) is 2.98. The monoisotopic (exact) mass is 308 g/mol. The molecule has 0 aliphatic heterocycles. The zero-order valence-corrected chi connectivity index (χ0v) is 12.4. The van der Waals surface area contributed by atoms with Crippen LogP contribution in [-0.4, -0.2) is 19.2 Å². The first-order chi connectivity index (χ1) is 10.1. The third-order valence-electron chi connectivity index (χ3n) is 2.79. The molecular weight excluding hydrogens is 292 g/mol. The first-order valence-electron chi connectivity index (χ1n) is 6.58. The molecule has 5 nitrogen and oxygen atoms in total. The van der Waals surface area contributed by atoms with Gasteiger partial charge in [0.1, 0.15) is 18.1 Å². The summed E-state index contributed by atoms with van der Waals surface area (Å²) in [5.41, 5.74) is 0.957. The molecule has 0 radical (unpaired) electrons. The van der Waals surface area contributed by atoms with E-state index in [9.17, 15) is 4.79 Å². The van der Waals surface area contributed by atoms with Crippen LogP contribution in [0.25, 0.3) is 0 Å². The van der Waals surface area contributed by atoms with Crippen molar-refractivity contribution in [3.05, 3.63) is 52.9 Å². The second kappa shape index (κ2) is 7.59. The summed E-state index contributed by atoms with van der Waals surface area (Å²) in [5, 5.41) is 6.09. The van der Waals surface area contributed by atoms with Crippen molar-refractivity contribution in [1.82, 2.24) is 10.6 Å². The fourth-order valence-corrected chi connectivity index (χ4v) is 1.80. The van der Waals surface area contributed by atoms with Crippen LogP contribution in [0.1, 0.15) is 11.3 Å². The van der Waals surface area contributed by atoms with Gasteiger partial charge in [-0.05, 0) is 42.8 Å². The largest absolute Gasteiger partial charge is 0.492 e. The highest BCUT2D eigenvalue weighted by molar-refractivity contribution is 6.31. The van der Waals surface area contributed by atoms with Crippen LogP contribution in [0.4, 0.5) is 4.79 Å². The number of furan rings is 1. The number of aryl methyl sites for hydroxylation is 1. The lowest BCUT2D eigenvalue weighted by molar-refractivity contribution is 0.235. The molecule has 0 aliphatic rings.